The number of morpholine rings is 1. The molecule has 7 nitrogen and oxygen atoms in total. The second-order valence-corrected chi connectivity index (χ2v) is 7.98. The highest BCUT2D eigenvalue weighted by Crippen LogP contribution is 2.28. The number of ether oxygens (including phenoxy) is 1. The summed E-state index contributed by atoms with van der Waals surface area (Å²) >= 11 is 1.39. The SMILES string of the molecule is O=C(CSc1nc(=O)n(Cc2ccccn2)c2c1CCCC2)N1CCOCC1. The Hall–Kier alpha value is -2.19. The topological polar surface area (TPSA) is 77.3 Å². The molecule has 1 amide bonds. The van der Waals surface area contributed by atoms with E-state index < -0.39 is 0 Å². The summed E-state index contributed by atoms with van der Waals surface area (Å²) in [4.78, 5) is 35.7. The van der Waals surface area contributed by atoms with Gasteiger partial charge >= 0.3 is 5.69 Å². The number of nitrogens with zero attached hydrogens (tertiary/aromatic N) is 4. The Labute approximate surface area is 168 Å². The first kappa shape index (κ1) is 19.1. The Morgan fingerprint density at radius 2 is 2.00 bits per heavy atom. The predicted octanol–water partition coefficient (Wildman–Crippen LogP) is 1.52. The molecule has 148 valence electrons. The number of hydrogen-bond donors (Lipinski definition) is 0. The zero-order chi connectivity index (χ0) is 19.3. The number of rotatable bonds is 5. The van der Waals surface area contributed by atoms with Crippen LogP contribution in [0.2, 0.25) is 0 Å². The average molecular weight is 401 g/mol. The standard InChI is InChI=1S/C20H24N4O3S/c25-18(23-9-11-27-12-10-23)14-28-19-16-6-1-2-7-17(16)24(20(26)22-19)13-15-5-3-4-8-21-15/h3-5,8H,1-2,6-7,9-14H2. The van der Waals surface area contributed by atoms with Crippen LogP contribution >= 0.6 is 11.8 Å². The van der Waals surface area contributed by atoms with Crippen molar-refractivity contribution in [2.75, 3.05) is 32.1 Å². The maximum atomic E-state index is 12.8. The van der Waals surface area contributed by atoms with Gasteiger partial charge in [-0.15, -0.1) is 0 Å². The van der Waals surface area contributed by atoms with Crippen molar-refractivity contribution in [3.63, 3.8) is 0 Å². The highest BCUT2D eigenvalue weighted by molar-refractivity contribution is 7.99. The lowest BCUT2D eigenvalue weighted by Gasteiger charge is -2.27. The molecule has 2 aromatic heterocycles. The summed E-state index contributed by atoms with van der Waals surface area (Å²) in [5, 5.41) is 0.721. The molecule has 0 unspecified atom stereocenters. The normalized spacial score (nSPS) is 16.6. The van der Waals surface area contributed by atoms with E-state index in [2.05, 4.69) is 9.97 Å². The van der Waals surface area contributed by atoms with E-state index in [0.717, 1.165) is 47.7 Å². The molecule has 1 aliphatic heterocycles. The van der Waals surface area contributed by atoms with Gasteiger partial charge in [-0.25, -0.2) is 4.79 Å². The van der Waals surface area contributed by atoms with Crippen LogP contribution in [0, 0.1) is 0 Å². The third kappa shape index (κ3) is 4.28. The van der Waals surface area contributed by atoms with Gasteiger partial charge < -0.3 is 9.64 Å². The molecule has 1 saturated heterocycles. The van der Waals surface area contributed by atoms with Gasteiger partial charge in [-0.2, -0.15) is 4.98 Å². The van der Waals surface area contributed by atoms with Crippen molar-refractivity contribution in [2.24, 2.45) is 0 Å². The summed E-state index contributed by atoms with van der Waals surface area (Å²) in [6.45, 7) is 2.89. The second kappa shape index (κ2) is 8.87. The van der Waals surface area contributed by atoms with Crippen LogP contribution in [0.1, 0.15) is 29.8 Å². The Kier molecular flexibility index (Phi) is 6.07. The molecule has 0 aromatic carbocycles. The summed E-state index contributed by atoms with van der Waals surface area (Å²) in [7, 11) is 0. The van der Waals surface area contributed by atoms with Crippen molar-refractivity contribution in [3.05, 3.63) is 51.8 Å². The molecule has 0 atom stereocenters. The Balaban J connectivity index is 1.56. The van der Waals surface area contributed by atoms with Crippen LogP contribution in [0.3, 0.4) is 0 Å². The number of carbonyl (C=O) groups is 1. The summed E-state index contributed by atoms with van der Waals surface area (Å²) in [5.41, 5.74) is 2.77. The van der Waals surface area contributed by atoms with Crippen LogP contribution in [-0.4, -0.2) is 57.4 Å². The zero-order valence-electron chi connectivity index (χ0n) is 15.8. The van der Waals surface area contributed by atoms with Gasteiger partial charge in [-0.05, 0) is 37.8 Å². The van der Waals surface area contributed by atoms with Gasteiger partial charge in [0.25, 0.3) is 0 Å². The smallest absolute Gasteiger partial charge is 0.349 e. The lowest BCUT2D eigenvalue weighted by Crippen LogP contribution is -2.41. The molecular formula is C20H24N4O3S. The second-order valence-electron chi connectivity index (χ2n) is 7.02. The quantitative estimate of drug-likeness (QED) is 0.559. The van der Waals surface area contributed by atoms with Gasteiger partial charge in [0.05, 0.1) is 31.2 Å². The number of carbonyl (C=O) groups excluding carboxylic acids is 1. The van der Waals surface area contributed by atoms with E-state index in [0.29, 0.717) is 38.6 Å². The monoisotopic (exact) mass is 400 g/mol. The van der Waals surface area contributed by atoms with Crippen LogP contribution in [0.25, 0.3) is 0 Å². The van der Waals surface area contributed by atoms with Crippen molar-refractivity contribution in [2.45, 2.75) is 37.3 Å². The van der Waals surface area contributed by atoms with Gasteiger partial charge in [0.2, 0.25) is 5.91 Å². The number of aromatic nitrogens is 3. The molecule has 0 spiro atoms. The Bertz CT molecular complexity index is 894. The van der Waals surface area contributed by atoms with Gasteiger partial charge in [-0.1, -0.05) is 17.8 Å². The van der Waals surface area contributed by atoms with Crippen molar-refractivity contribution >= 4 is 17.7 Å². The summed E-state index contributed by atoms with van der Waals surface area (Å²) in [6, 6.07) is 5.71. The van der Waals surface area contributed by atoms with Gasteiger partial charge in [0.15, 0.2) is 0 Å². The molecule has 8 heteroatoms. The van der Waals surface area contributed by atoms with E-state index in [-0.39, 0.29) is 11.6 Å². The Morgan fingerprint density at radius 1 is 1.18 bits per heavy atom. The minimum absolute atomic E-state index is 0.0809. The number of amides is 1. The first-order valence-corrected chi connectivity index (χ1v) is 10.7. The van der Waals surface area contributed by atoms with Crippen LogP contribution in [0.15, 0.2) is 34.2 Å². The Morgan fingerprint density at radius 3 is 2.79 bits per heavy atom. The van der Waals surface area contributed by atoms with E-state index >= 15 is 0 Å². The molecule has 0 saturated carbocycles. The molecular weight excluding hydrogens is 376 g/mol. The van der Waals surface area contributed by atoms with Crippen molar-refractivity contribution in [1.29, 1.82) is 0 Å². The molecule has 1 aliphatic carbocycles. The van der Waals surface area contributed by atoms with Crippen molar-refractivity contribution in [3.8, 4) is 0 Å². The summed E-state index contributed by atoms with van der Waals surface area (Å²) in [6.07, 6.45) is 5.66. The van der Waals surface area contributed by atoms with Gasteiger partial charge in [0.1, 0.15) is 5.03 Å². The maximum Gasteiger partial charge on any atom is 0.349 e. The number of fused-ring (bicyclic) bond motifs is 1. The number of hydrogen-bond acceptors (Lipinski definition) is 6. The van der Waals surface area contributed by atoms with Gasteiger partial charge in [-0.3, -0.25) is 14.3 Å². The van der Waals surface area contributed by atoms with E-state index in [9.17, 15) is 9.59 Å². The highest BCUT2D eigenvalue weighted by atomic mass is 32.2. The third-order valence-corrected chi connectivity index (χ3v) is 6.20. The lowest BCUT2D eigenvalue weighted by molar-refractivity contribution is -0.132. The van der Waals surface area contributed by atoms with Crippen LogP contribution < -0.4 is 5.69 Å². The van der Waals surface area contributed by atoms with E-state index in [4.69, 9.17) is 4.74 Å². The minimum atomic E-state index is -0.257. The largest absolute Gasteiger partial charge is 0.378 e. The summed E-state index contributed by atoms with van der Waals surface area (Å²) in [5.74, 6) is 0.390. The first-order chi connectivity index (χ1) is 13.7. The van der Waals surface area contributed by atoms with Crippen molar-refractivity contribution in [1.82, 2.24) is 19.4 Å². The van der Waals surface area contributed by atoms with E-state index in [1.165, 1.54) is 11.8 Å². The molecule has 4 rings (SSSR count). The first-order valence-electron chi connectivity index (χ1n) is 9.73. The lowest BCUT2D eigenvalue weighted by atomic mass is 9.97. The molecule has 0 N–H and O–H groups in total. The molecule has 0 bridgehead atoms. The van der Waals surface area contributed by atoms with Crippen LogP contribution in [0.5, 0.6) is 0 Å². The maximum absolute atomic E-state index is 12.8. The number of thioether (sulfide) groups is 1. The van der Waals surface area contributed by atoms with Crippen LogP contribution in [-0.2, 0) is 28.9 Å². The fourth-order valence-corrected chi connectivity index (χ4v) is 4.70. The van der Waals surface area contributed by atoms with E-state index in [1.54, 1.807) is 10.8 Å². The van der Waals surface area contributed by atoms with Gasteiger partial charge in [0, 0.05) is 30.5 Å². The highest BCUT2D eigenvalue weighted by Gasteiger charge is 2.23. The third-order valence-electron chi connectivity index (χ3n) is 5.19. The number of pyridine rings is 1. The fraction of sp³-hybridized carbons (Fsp3) is 0.500. The summed E-state index contributed by atoms with van der Waals surface area (Å²) < 4.78 is 7.06. The zero-order valence-corrected chi connectivity index (χ0v) is 16.6. The van der Waals surface area contributed by atoms with Crippen LogP contribution in [0.4, 0.5) is 0 Å². The molecule has 2 aromatic rings. The predicted molar refractivity (Wildman–Crippen MR) is 107 cm³/mol. The fourth-order valence-electron chi connectivity index (χ4n) is 3.72. The van der Waals surface area contributed by atoms with Crippen molar-refractivity contribution < 1.29 is 9.53 Å². The molecule has 0 radical (unpaired) electrons. The van der Waals surface area contributed by atoms with E-state index in [1.807, 2.05) is 23.1 Å². The molecule has 2 aliphatic rings. The molecule has 1 fully saturated rings. The molecule has 28 heavy (non-hydrogen) atoms. The average Bonchev–Trinajstić information content (AvgIpc) is 2.75. The molecule has 3 heterocycles. The minimum Gasteiger partial charge on any atom is -0.378 e.